The molecule has 0 aliphatic carbocycles. The van der Waals surface area contributed by atoms with Crippen molar-refractivity contribution in [3.63, 3.8) is 0 Å². The molecule has 0 aromatic carbocycles. The highest BCUT2D eigenvalue weighted by Crippen LogP contribution is 2.21. The maximum atomic E-state index is 10.4. The quantitative estimate of drug-likeness (QED) is 0.283. The first kappa shape index (κ1) is 13.1. The fraction of sp³-hybridized carbons (Fsp3) is 0.429. The minimum Gasteiger partial charge on any atom is -0.478 e. The molecule has 14 heavy (non-hydrogen) atoms. The Bertz CT molecular complexity index is 257. The fourth-order valence-electron chi connectivity index (χ4n) is 0.561. The van der Waals surface area contributed by atoms with Gasteiger partial charge in [-0.2, -0.15) is 0 Å². The van der Waals surface area contributed by atoms with E-state index in [0.29, 0.717) is 6.42 Å². The lowest BCUT2D eigenvalue weighted by molar-refractivity contribution is -0.131. The molecule has 0 aromatic heterocycles. The lowest BCUT2D eigenvalue weighted by atomic mass is 10.5. The Hall–Kier alpha value is -0.890. The Morgan fingerprint density at radius 1 is 1.57 bits per heavy atom. The van der Waals surface area contributed by atoms with Crippen LogP contribution in [0.4, 0.5) is 0 Å². The zero-order valence-corrected chi connectivity index (χ0v) is 8.62. The van der Waals surface area contributed by atoms with Crippen molar-refractivity contribution in [3.8, 4) is 0 Å². The van der Waals surface area contributed by atoms with Crippen molar-refractivity contribution in [1.29, 1.82) is 0 Å². The topological polar surface area (TPSA) is 128 Å². The lowest BCUT2D eigenvalue weighted by Crippen LogP contribution is -2.54. The van der Waals surface area contributed by atoms with Crippen LogP contribution in [0.15, 0.2) is 16.1 Å². The molecule has 0 aliphatic rings. The van der Waals surface area contributed by atoms with Crippen molar-refractivity contribution in [2.24, 2.45) is 22.2 Å². The number of carboxylic acids is 1. The first-order valence-corrected chi connectivity index (χ1v) is 4.69. The first-order valence-electron chi connectivity index (χ1n) is 3.88. The summed E-state index contributed by atoms with van der Waals surface area (Å²) in [5, 5.41) is 7.15. The molecule has 0 heterocycles. The van der Waals surface area contributed by atoms with Gasteiger partial charge in [0.1, 0.15) is 5.03 Å². The fourth-order valence-corrected chi connectivity index (χ4v) is 1.21. The molecule has 7 N–H and O–H groups in total. The van der Waals surface area contributed by atoms with Gasteiger partial charge in [0.2, 0.25) is 0 Å². The third-order valence-corrected chi connectivity index (χ3v) is 1.72. The van der Waals surface area contributed by atoms with Crippen LogP contribution in [0.1, 0.15) is 13.3 Å². The van der Waals surface area contributed by atoms with E-state index in [1.165, 1.54) is 0 Å². The Balaban J connectivity index is 4.57. The molecule has 7 heteroatoms. The highest BCUT2D eigenvalue weighted by molar-refractivity contribution is 8.04. The summed E-state index contributed by atoms with van der Waals surface area (Å²) in [5.74, 6) is -1.12. The van der Waals surface area contributed by atoms with Crippen molar-refractivity contribution >= 4 is 23.9 Å². The molecular weight excluding hydrogens is 204 g/mol. The Morgan fingerprint density at radius 2 is 2.14 bits per heavy atom. The number of hydrogen-bond donors (Lipinski definition) is 4. The van der Waals surface area contributed by atoms with Crippen molar-refractivity contribution in [2.75, 3.05) is 0 Å². The van der Waals surface area contributed by atoms with Crippen molar-refractivity contribution < 1.29 is 9.90 Å². The lowest BCUT2D eigenvalue weighted by Gasteiger charge is -2.16. The van der Waals surface area contributed by atoms with E-state index in [4.69, 9.17) is 22.3 Å². The van der Waals surface area contributed by atoms with Gasteiger partial charge in [0.25, 0.3) is 0 Å². The van der Waals surface area contributed by atoms with Crippen LogP contribution in [0, 0.1) is 0 Å². The molecule has 0 unspecified atom stereocenters. The number of aliphatic carboxylic acids is 1. The molecule has 0 radical (unpaired) electrons. The average molecular weight is 218 g/mol. The van der Waals surface area contributed by atoms with Crippen LogP contribution < -0.4 is 17.2 Å². The summed E-state index contributed by atoms with van der Waals surface area (Å²) in [5.41, 5.74) is 15.9. The molecule has 0 saturated carbocycles. The number of rotatable bonds is 5. The zero-order chi connectivity index (χ0) is 11.2. The van der Waals surface area contributed by atoms with Gasteiger partial charge in [0, 0.05) is 6.21 Å². The maximum absolute atomic E-state index is 10.4. The number of carboxylic acid groups (broad SMARTS) is 1. The standard InChI is InChI=1S/C7H14N4O2S/c1-2-3-11-5(4-6(12)13)14-7(8,9)10/h3-4H,2,8-10H2,1H3,(H,12,13)/b5-4-,11-3?. The molecule has 0 rings (SSSR count). The van der Waals surface area contributed by atoms with Gasteiger partial charge in [-0.05, 0) is 6.42 Å². The minimum absolute atomic E-state index is 0.173. The van der Waals surface area contributed by atoms with Gasteiger partial charge in [0.05, 0.1) is 6.08 Å². The summed E-state index contributed by atoms with van der Waals surface area (Å²) in [4.78, 5) is 14.2. The third-order valence-electron chi connectivity index (χ3n) is 0.929. The summed E-state index contributed by atoms with van der Waals surface area (Å²) in [6.07, 6.45) is 3.13. The maximum Gasteiger partial charge on any atom is 0.331 e. The van der Waals surface area contributed by atoms with Gasteiger partial charge in [-0.15, -0.1) is 0 Å². The van der Waals surface area contributed by atoms with Crippen molar-refractivity contribution in [3.05, 3.63) is 11.1 Å². The third kappa shape index (κ3) is 7.74. The van der Waals surface area contributed by atoms with E-state index in [2.05, 4.69) is 4.99 Å². The summed E-state index contributed by atoms with van der Waals surface area (Å²) in [7, 11) is 0. The van der Waals surface area contributed by atoms with Crippen LogP contribution in [0.2, 0.25) is 0 Å². The Labute approximate surface area is 86.2 Å². The highest BCUT2D eigenvalue weighted by Gasteiger charge is 2.15. The van der Waals surface area contributed by atoms with Crippen molar-refractivity contribution in [1.82, 2.24) is 0 Å². The average Bonchev–Trinajstić information content (AvgIpc) is 1.96. The van der Waals surface area contributed by atoms with E-state index >= 15 is 0 Å². The second kappa shape index (κ2) is 5.76. The van der Waals surface area contributed by atoms with Gasteiger partial charge in [-0.3, -0.25) is 22.2 Å². The number of carbonyl (C=O) groups is 1. The molecule has 0 bridgehead atoms. The second-order valence-corrected chi connectivity index (χ2v) is 3.83. The van der Waals surface area contributed by atoms with Crippen LogP contribution >= 0.6 is 11.8 Å². The van der Waals surface area contributed by atoms with Crippen LogP contribution in [0.25, 0.3) is 0 Å². The van der Waals surface area contributed by atoms with Gasteiger partial charge >= 0.3 is 5.97 Å². The molecule has 0 amide bonds. The summed E-state index contributed by atoms with van der Waals surface area (Å²) >= 11 is 0.786. The van der Waals surface area contributed by atoms with E-state index in [0.717, 1.165) is 17.8 Å². The number of nitrogens with zero attached hydrogens (tertiary/aromatic N) is 1. The smallest absolute Gasteiger partial charge is 0.331 e. The Morgan fingerprint density at radius 3 is 2.50 bits per heavy atom. The molecule has 0 atom stereocenters. The van der Waals surface area contributed by atoms with Gasteiger partial charge in [-0.25, -0.2) is 4.79 Å². The summed E-state index contributed by atoms with van der Waals surface area (Å²) in [6, 6.07) is 0. The number of nitrogens with two attached hydrogens (primary N) is 3. The summed E-state index contributed by atoms with van der Waals surface area (Å²) < 4.78 is 0. The zero-order valence-electron chi connectivity index (χ0n) is 7.80. The SMILES string of the molecule is CCC=N/C(=C/C(=O)O)SC(N)(N)N. The molecule has 0 aromatic rings. The van der Waals surface area contributed by atoms with Gasteiger partial charge in [0.15, 0.2) is 5.12 Å². The van der Waals surface area contributed by atoms with Crippen LogP contribution in [-0.2, 0) is 4.79 Å². The first-order chi connectivity index (χ1) is 6.35. The minimum atomic E-state index is -1.52. The van der Waals surface area contributed by atoms with Crippen LogP contribution in [-0.4, -0.2) is 22.4 Å². The van der Waals surface area contributed by atoms with E-state index in [1.54, 1.807) is 6.21 Å². The number of thioether (sulfide) groups is 1. The molecule has 0 fully saturated rings. The van der Waals surface area contributed by atoms with Crippen LogP contribution in [0.3, 0.4) is 0 Å². The molecule has 0 spiro atoms. The van der Waals surface area contributed by atoms with Crippen LogP contribution in [0.5, 0.6) is 0 Å². The molecule has 80 valence electrons. The highest BCUT2D eigenvalue weighted by atomic mass is 32.2. The molecule has 0 saturated heterocycles. The number of hydrogen-bond acceptors (Lipinski definition) is 6. The number of aliphatic imine (C=N–C) groups is 1. The summed E-state index contributed by atoms with van der Waals surface area (Å²) in [6.45, 7) is 1.87. The van der Waals surface area contributed by atoms with E-state index in [1.807, 2.05) is 6.92 Å². The largest absolute Gasteiger partial charge is 0.478 e. The van der Waals surface area contributed by atoms with E-state index < -0.39 is 11.1 Å². The predicted molar refractivity (Wildman–Crippen MR) is 57.4 cm³/mol. The predicted octanol–water partition coefficient (Wildman–Crippen LogP) is -0.386. The monoisotopic (exact) mass is 218 g/mol. The van der Waals surface area contributed by atoms with E-state index in [9.17, 15) is 4.79 Å². The van der Waals surface area contributed by atoms with Gasteiger partial charge in [-0.1, -0.05) is 18.7 Å². The van der Waals surface area contributed by atoms with Gasteiger partial charge < -0.3 is 5.11 Å². The molecule has 0 aliphatic heterocycles. The Kier molecular flexibility index (Phi) is 5.39. The molecule has 6 nitrogen and oxygen atoms in total. The van der Waals surface area contributed by atoms with E-state index in [-0.39, 0.29) is 5.03 Å². The molecular formula is C7H14N4O2S. The van der Waals surface area contributed by atoms with Crippen molar-refractivity contribution in [2.45, 2.75) is 18.5 Å². The second-order valence-electron chi connectivity index (χ2n) is 2.50. The normalized spacial score (nSPS) is 13.6.